The van der Waals surface area contributed by atoms with Crippen LogP contribution in [-0.4, -0.2) is 47.5 Å². The molecule has 1 aromatic heterocycles. The van der Waals surface area contributed by atoms with Crippen molar-refractivity contribution in [1.82, 2.24) is 9.55 Å². The summed E-state index contributed by atoms with van der Waals surface area (Å²) in [6.45, 7) is 5.17. The van der Waals surface area contributed by atoms with Gasteiger partial charge in [0, 0.05) is 25.3 Å². The predicted octanol–water partition coefficient (Wildman–Crippen LogP) is 5.44. The molecule has 0 bridgehead atoms. The van der Waals surface area contributed by atoms with Gasteiger partial charge < -0.3 is 15.0 Å². The maximum atomic E-state index is 13.4. The number of ether oxygens (including phenoxy) is 1. The number of aromatic nitrogens is 2. The van der Waals surface area contributed by atoms with Crippen molar-refractivity contribution in [2.24, 2.45) is 0 Å². The first-order valence-electron chi connectivity index (χ1n) is 11.8. The van der Waals surface area contributed by atoms with Crippen LogP contribution in [0.15, 0.2) is 46.3 Å². The van der Waals surface area contributed by atoms with Crippen molar-refractivity contribution >= 4 is 51.5 Å². The largest absolute Gasteiger partial charge is 0.416 e. The topological polar surface area (TPSA) is 76.5 Å². The Morgan fingerprint density at radius 3 is 2.65 bits per heavy atom. The number of alkyl halides is 3. The maximum Gasteiger partial charge on any atom is 0.416 e. The third-order valence-electron chi connectivity index (χ3n) is 5.91. The summed E-state index contributed by atoms with van der Waals surface area (Å²) in [7, 11) is 0. The van der Waals surface area contributed by atoms with Gasteiger partial charge in [0.1, 0.15) is 0 Å². The highest BCUT2D eigenvalue weighted by molar-refractivity contribution is 7.99. The van der Waals surface area contributed by atoms with Gasteiger partial charge in [-0.1, -0.05) is 36.7 Å². The number of carbonyl (C=O) groups excluding carboxylic acids is 1. The minimum Gasteiger partial charge on any atom is -0.378 e. The molecule has 198 valence electrons. The van der Waals surface area contributed by atoms with Crippen molar-refractivity contribution in [2.75, 3.05) is 42.3 Å². The first-order valence-corrected chi connectivity index (χ1v) is 13.2. The highest BCUT2D eigenvalue weighted by atomic mass is 35.5. The lowest BCUT2D eigenvalue weighted by atomic mass is 10.2. The Bertz CT molecular complexity index is 1340. The van der Waals surface area contributed by atoms with Crippen LogP contribution < -0.4 is 15.8 Å². The second kappa shape index (κ2) is 11.7. The normalized spacial score (nSPS) is 14.2. The van der Waals surface area contributed by atoms with Crippen LogP contribution in [0.2, 0.25) is 5.02 Å². The molecule has 1 N–H and O–H groups in total. The van der Waals surface area contributed by atoms with E-state index in [4.69, 9.17) is 16.3 Å². The first kappa shape index (κ1) is 27.3. The molecule has 0 spiro atoms. The minimum absolute atomic E-state index is 0.00823. The van der Waals surface area contributed by atoms with E-state index in [1.54, 1.807) is 10.6 Å². The van der Waals surface area contributed by atoms with E-state index in [2.05, 4.69) is 15.2 Å². The number of thioether (sulfide) groups is 1. The van der Waals surface area contributed by atoms with Gasteiger partial charge in [-0.15, -0.1) is 0 Å². The molecule has 4 rings (SSSR count). The molecule has 0 unspecified atom stereocenters. The van der Waals surface area contributed by atoms with Crippen molar-refractivity contribution in [3.8, 4) is 0 Å². The van der Waals surface area contributed by atoms with E-state index in [-0.39, 0.29) is 22.0 Å². The van der Waals surface area contributed by atoms with Crippen molar-refractivity contribution in [2.45, 2.75) is 37.6 Å². The van der Waals surface area contributed by atoms with E-state index in [0.717, 1.165) is 61.6 Å². The molecule has 1 fully saturated rings. The molecular weight excluding hydrogens is 529 g/mol. The third-order valence-corrected chi connectivity index (χ3v) is 7.22. The van der Waals surface area contributed by atoms with Gasteiger partial charge in [0.2, 0.25) is 5.91 Å². The number of carbonyl (C=O) groups is 1. The molecule has 12 heteroatoms. The molecule has 1 amide bonds. The molecule has 1 aliphatic heterocycles. The Hall–Kier alpha value is -2.76. The molecule has 0 aliphatic carbocycles. The second-order valence-electron chi connectivity index (χ2n) is 8.53. The van der Waals surface area contributed by atoms with Gasteiger partial charge in [-0.2, -0.15) is 13.2 Å². The predicted molar refractivity (Wildman–Crippen MR) is 140 cm³/mol. The van der Waals surface area contributed by atoms with Crippen LogP contribution in [-0.2, 0) is 22.3 Å². The Morgan fingerprint density at radius 1 is 1.19 bits per heavy atom. The fraction of sp³-hybridized carbons (Fsp3) is 0.400. The number of morpholine rings is 1. The Labute approximate surface area is 220 Å². The number of amides is 1. The lowest BCUT2D eigenvalue weighted by Crippen LogP contribution is -2.36. The molecule has 37 heavy (non-hydrogen) atoms. The number of rotatable bonds is 8. The van der Waals surface area contributed by atoms with Crippen LogP contribution in [0, 0.1) is 0 Å². The van der Waals surface area contributed by atoms with Crippen LogP contribution in [0.1, 0.15) is 25.3 Å². The number of hydrogen-bond acceptors (Lipinski definition) is 6. The number of fused-ring (bicyclic) bond motifs is 1. The number of anilines is 2. The molecule has 2 aromatic carbocycles. The Balaban J connectivity index is 1.56. The minimum atomic E-state index is -4.56. The van der Waals surface area contributed by atoms with E-state index in [9.17, 15) is 22.8 Å². The van der Waals surface area contributed by atoms with Crippen LogP contribution in [0.5, 0.6) is 0 Å². The van der Waals surface area contributed by atoms with E-state index < -0.39 is 17.6 Å². The summed E-state index contributed by atoms with van der Waals surface area (Å²) >= 11 is 7.04. The highest BCUT2D eigenvalue weighted by Crippen LogP contribution is 2.34. The van der Waals surface area contributed by atoms with Crippen LogP contribution in [0.4, 0.5) is 24.5 Å². The molecule has 3 aromatic rings. The number of benzene rings is 2. The third kappa shape index (κ3) is 6.58. The van der Waals surface area contributed by atoms with Gasteiger partial charge in [-0.05, 0) is 42.8 Å². The molecule has 1 aliphatic rings. The van der Waals surface area contributed by atoms with Crippen molar-refractivity contribution < 1.29 is 22.7 Å². The summed E-state index contributed by atoms with van der Waals surface area (Å²) in [6.07, 6.45) is -2.96. The van der Waals surface area contributed by atoms with Crippen LogP contribution in [0.3, 0.4) is 0 Å². The van der Waals surface area contributed by atoms with Gasteiger partial charge in [-0.25, -0.2) is 4.98 Å². The zero-order valence-corrected chi connectivity index (χ0v) is 21.7. The lowest BCUT2D eigenvalue weighted by Gasteiger charge is -2.29. The van der Waals surface area contributed by atoms with Gasteiger partial charge >= 0.3 is 6.18 Å². The average molecular weight is 555 g/mol. The standard InChI is InChI=1S/C25H26ClF3N4O3S/c1-2-3-8-33-23(35)18-14-17(32-9-11-36-12-10-32)5-7-20(18)31-24(33)37-15-22(34)30-21-13-16(25(27,28)29)4-6-19(21)26/h4-7,13-14H,2-3,8-12,15H2,1H3,(H,30,34). The summed E-state index contributed by atoms with van der Waals surface area (Å²) in [4.78, 5) is 32.8. The van der Waals surface area contributed by atoms with Crippen LogP contribution in [0.25, 0.3) is 10.9 Å². The van der Waals surface area contributed by atoms with Crippen molar-refractivity contribution in [1.29, 1.82) is 0 Å². The molecule has 2 heterocycles. The van der Waals surface area contributed by atoms with Gasteiger partial charge in [-0.3, -0.25) is 14.2 Å². The molecule has 0 atom stereocenters. The Morgan fingerprint density at radius 2 is 1.95 bits per heavy atom. The zero-order chi connectivity index (χ0) is 26.6. The van der Waals surface area contributed by atoms with Gasteiger partial charge in [0.15, 0.2) is 5.16 Å². The smallest absolute Gasteiger partial charge is 0.378 e. The maximum absolute atomic E-state index is 13.4. The number of halogens is 4. The second-order valence-corrected chi connectivity index (χ2v) is 9.88. The van der Waals surface area contributed by atoms with E-state index in [1.165, 1.54) is 0 Å². The van der Waals surface area contributed by atoms with E-state index in [0.29, 0.717) is 35.8 Å². The van der Waals surface area contributed by atoms with E-state index in [1.807, 2.05) is 19.1 Å². The summed E-state index contributed by atoms with van der Waals surface area (Å²) in [5.41, 5.74) is 0.193. The number of hydrogen-bond donors (Lipinski definition) is 1. The first-order chi connectivity index (χ1) is 17.7. The van der Waals surface area contributed by atoms with Crippen LogP contribution >= 0.6 is 23.4 Å². The van der Waals surface area contributed by atoms with Crippen molar-refractivity contribution in [3.05, 3.63) is 57.3 Å². The molecule has 1 saturated heterocycles. The fourth-order valence-electron chi connectivity index (χ4n) is 3.94. The summed E-state index contributed by atoms with van der Waals surface area (Å²) in [6, 6.07) is 8.28. The SMILES string of the molecule is CCCCn1c(SCC(=O)Nc2cc(C(F)(F)F)ccc2Cl)nc2ccc(N3CCOCC3)cc2c1=O. The highest BCUT2D eigenvalue weighted by Gasteiger charge is 2.31. The quantitative estimate of drug-likeness (QED) is 0.295. The molecule has 7 nitrogen and oxygen atoms in total. The molecule has 0 saturated carbocycles. The number of nitrogens with zero attached hydrogens (tertiary/aromatic N) is 3. The lowest BCUT2D eigenvalue weighted by molar-refractivity contribution is -0.137. The van der Waals surface area contributed by atoms with E-state index >= 15 is 0 Å². The monoisotopic (exact) mass is 554 g/mol. The fourth-order valence-corrected chi connectivity index (χ4v) is 4.93. The average Bonchev–Trinajstić information content (AvgIpc) is 2.88. The molecular formula is C25H26ClF3N4O3S. The van der Waals surface area contributed by atoms with Crippen molar-refractivity contribution in [3.63, 3.8) is 0 Å². The summed E-state index contributed by atoms with van der Waals surface area (Å²) < 4.78 is 46.1. The Kier molecular flexibility index (Phi) is 8.66. The number of nitrogens with one attached hydrogen (secondary N) is 1. The van der Waals surface area contributed by atoms with Gasteiger partial charge in [0.05, 0.1) is 46.1 Å². The zero-order valence-electron chi connectivity index (χ0n) is 20.1. The summed E-state index contributed by atoms with van der Waals surface area (Å²) in [5, 5.41) is 3.28. The summed E-state index contributed by atoms with van der Waals surface area (Å²) in [5.74, 6) is -0.729. The van der Waals surface area contributed by atoms with Gasteiger partial charge in [0.25, 0.3) is 5.56 Å². The molecule has 0 radical (unpaired) electrons. The number of unbranched alkanes of at least 4 members (excludes halogenated alkanes) is 1.